The molecule has 0 unspecified atom stereocenters. The van der Waals surface area contributed by atoms with Crippen LogP contribution in [-0.4, -0.2) is 68.3 Å². The van der Waals surface area contributed by atoms with Crippen LogP contribution >= 0.6 is 0 Å². The fourth-order valence-electron chi connectivity index (χ4n) is 5.55. The van der Waals surface area contributed by atoms with Crippen molar-refractivity contribution in [2.75, 3.05) is 31.1 Å². The number of rotatable bonds is 10. The summed E-state index contributed by atoms with van der Waals surface area (Å²) in [4.78, 5) is 25.4. The molecule has 0 saturated carbocycles. The number of esters is 1. The smallest absolute Gasteiger partial charge is 0.306 e. The summed E-state index contributed by atoms with van der Waals surface area (Å²) in [5, 5.41) is 4.37. The van der Waals surface area contributed by atoms with Gasteiger partial charge >= 0.3 is 5.97 Å². The van der Waals surface area contributed by atoms with Crippen LogP contribution in [0.5, 0.6) is 5.75 Å². The number of unbranched alkanes of at least 4 members (excludes halogenated alkanes) is 2. The van der Waals surface area contributed by atoms with Gasteiger partial charge in [0, 0.05) is 37.8 Å². The fraction of sp³-hybridized carbons (Fsp3) is 0.586. The molecule has 1 aromatic carbocycles. The van der Waals surface area contributed by atoms with Crippen molar-refractivity contribution in [1.29, 1.82) is 0 Å². The second kappa shape index (κ2) is 11.7. The number of fused-ring (bicyclic) bond motifs is 2. The zero-order valence-electron chi connectivity index (χ0n) is 22.9. The van der Waals surface area contributed by atoms with E-state index in [1.54, 1.807) is 12.5 Å². The molecule has 5 rings (SSSR count). The maximum absolute atomic E-state index is 11.9. The van der Waals surface area contributed by atoms with Crippen molar-refractivity contribution >= 4 is 17.6 Å². The third-order valence-corrected chi connectivity index (χ3v) is 7.35. The molecule has 0 spiro atoms. The van der Waals surface area contributed by atoms with Crippen molar-refractivity contribution in [1.82, 2.24) is 24.5 Å². The molecule has 0 radical (unpaired) electrons. The van der Waals surface area contributed by atoms with Crippen LogP contribution in [0.3, 0.4) is 0 Å². The van der Waals surface area contributed by atoms with Crippen LogP contribution in [0.15, 0.2) is 36.8 Å². The number of hydrogen-bond donors (Lipinski definition) is 0. The zero-order valence-corrected chi connectivity index (χ0v) is 22.9. The molecule has 0 amide bonds. The summed E-state index contributed by atoms with van der Waals surface area (Å²) in [7, 11) is 0. The maximum atomic E-state index is 11.9. The highest BCUT2D eigenvalue weighted by atomic mass is 16.6. The summed E-state index contributed by atoms with van der Waals surface area (Å²) < 4.78 is 13.7. The standard InChI is InChI=1S/C29H40N6O3/c1-29(2,3)38-27(36)12-5-4-6-16-33-18-14-22-9-7-11-25(24(22)19-33)37-20-23-10-8-17-34(23)26-13-15-30-28-31-21-32-35(26)28/h7,9,11,13,15,21,23H,4-6,8,10,12,14,16-20H2,1-3H3/t23-/m1/s1. The second-order valence-corrected chi connectivity index (χ2v) is 11.4. The van der Waals surface area contributed by atoms with Crippen LogP contribution in [0.25, 0.3) is 5.78 Å². The molecule has 3 aromatic rings. The van der Waals surface area contributed by atoms with Gasteiger partial charge in [0.1, 0.15) is 30.1 Å². The van der Waals surface area contributed by atoms with E-state index in [1.807, 2.05) is 31.4 Å². The lowest BCUT2D eigenvalue weighted by Crippen LogP contribution is -2.36. The number of ether oxygens (including phenoxy) is 2. The number of carbonyl (C=O) groups excluding carboxylic acids is 1. The first-order valence-corrected chi connectivity index (χ1v) is 14.0. The van der Waals surface area contributed by atoms with E-state index in [9.17, 15) is 4.79 Å². The normalized spacial score (nSPS) is 18.1. The van der Waals surface area contributed by atoms with Crippen molar-refractivity contribution < 1.29 is 14.3 Å². The molecule has 38 heavy (non-hydrogen) atoms. The number of carbonyl (C=O) groups is 1. The summed E-state index contributed by atoms with van der Waals surface area (Å²) in [5.74, 6) is 2.55. The first kappa shape index (κ1) is 26.4. The maximum Gasteiger partial charge on any atom is 0.306 e. The summed E-state index contributed by atoms with van der Waals surface area (Å²) in [6.07, 6.45) is 10.1. The highest BCUT2D eigenvalue weighted by Gasteiger charge is 2.28. The highest BCUT2D eigenvalue weighted by Crippen LogP contribution is 2.31. The third kappa shape index (κ3) is 6.43. The minimum absolute atomic E-state index is 0.0957. The third-order valence-electron chi connectivity index (χ3n) is 7.35. The number of aromatic nitrogens is 4. The van der Waals surface area contributed by atoms with Crippen molar-refractivity contribution in [3.63, 3.8) is 0 Å². The van der Waals surface area contributed by atoms with Crippen LogP contribution in [0.1, 0.15) is 70.4 Å². The number of anilines is 1. The van der Waals surface area contributed by atoms with Gasteiger partial charge in [0.05, 0.1) is 6.04 Å². The van der Waals surface area contributed by atoms with E-state index in [0.717, 1.165) is 76.3 Å². The minimum atomic E-state index is -0.406. The lowest BCUT2D eigenvalue weighted by atomic mass is 9.98. The van der Waals surface area contributed by atoms with Gasteiger partial charge in [-0.15, -0.1) is 0 Å². The van der Waals surface area contributed by atoms with Gasteiger partial charge < -0.3 is 14.4 Å². The summed E-state index contributed by atoms with van der Waals surface area (Å²) in [6.45, 7) is 10.4. The van der Waals surface area contributed by atoms with E-state index in [1.165, 1.54) is 11.1 Å². The van der Waals surface area contributed by atoms with E-state index >= 15 is 0 Å². The molecule has 9 nitrogen and oxygen atoms in total. The van der Waals surface area contributed by atoms with Crippen LogP contribution in [-0.2, 0) is 22.5 Å². The van der Waals surface area contributed by atoms with E-state index in [4.69, 9.17) is 9.47 Å². The fourth-order valence-corrected chi connectivity index (χ4v) is 5.55. The van der Waals surface area contributed by atoms with Gasteiger partial charge in [-0.05, 0) is 77.1 Å². The summed E-state index contributed by atoms with van der Waals surface area (Å²) in [6, 6.07) is 8.76. The van der Waals surface area contributed by atoms with E-state index in [-0.39, 0.29) is 12.0 Å². The average Bonchev–Trinajstić information content (AvgIpc) is 3.55. The number of hydrogen-bond acceptors (Lipinski definition) is 8. The van der Waals surface area contributed by atoms with Crippen molar-refractivity contribution in [3.05, 3.63) is 47.9 Å². The average molecular weight is 521 g/mol. The summed E-state index contributed by atoms with van der Waals surface area (Å²) >= 11 is 0. The number of nitrogens with zero attached hydrogens (tertiary/aromatic N) is 6. The Morgan fingerprint density at radius 2 is 2.00 bits per heavy atom. The van der Waals surface area contributed by atoms with Crippen LogP contribution < -0.4 is 9.64 Å². The Kier molecular flexibility index (Phi) is 8.12. The Bertz CT molecular complexity index is 1240. The van der Waals surface area contributed by atoms with Gasteiger partial charge in [-0.3, -0.25) is 9.69 Å². The molecule has 4 heterocycles. The molecule has 2 aromatic heterocycles. The van der Waals surface area contributed by atoms with E-state index in [2.05, 4.69) is 43.1 Å². The lowest BCUT2D eigenvalue weighted by molar-refractivity contribution is -0.154. The molecule has 1 saturated heterocycles. The van der Waals surface area contributed by atoms with E-state index < -0.39 is 5.60 Å². The highest BCUT2D eigenvalue weighted by molar-refractivity contribution is 5.69. The van der Waals surface area contributed by atoms with Gasteiger partial charge in [0.25, 0.3) is 5.78 Å². The van der Waals surface area contributed by atoms with Gasteiger partial charge in [-0.2, -0.15) is 14.6 Å². The van der Waals surface area contributed by atoms with Crippen LogP contribution in [0, 0.1) is 0 Å². The summed E-state index contributed by atoms with van der Waals surface area (Å²) in [5.41, 5.74) is 2.31. The van der Waals surface area contributed by atoms with Crippen LogP contribution in [0.4, 0.5) is 5.82 Å². The Hall–Kier alpha value is -3.20. The SMILES string of the molecule is CC(C)(C)OC(=O)CCCCCN1CCc2cccc(OC[C@H]3CCCN3c3ccnc4ncnn34)c2C1. The van der Waals surface area contributed by atoms with Crippen molar-refractivity contribution in [3.8, 4) is 5.75 Å². The Labute approximate surface area is 225 Å². The Balaban J connectivity index is 1.14. The Morgan fingerprint density at radius 1 is 1.11 bits per heavy atom. The molecular weight excluding hydrogens is 480 g/mol. The molecular formula is C29H40N6O3. The first-order chi connectivity index (χ1) is 18.4. The molecule has 1 fully saturated rings. The predicted octanol–water partition coefficient (Wildman–Crippen LogP) is 4.43. The Morgan fingerprint density at radius 3 is 2.87 bits per heavy atom. The van der Waals surface area contributed by atoms with Gasteiger partial charge in [0.15, 0.2) is 0 Å². The molecule has 204 valence electrons. The zero-order chi connectivity index (χ0) is 26.5. The van der Waals surface area contributed by atoms with Crippen molar-refractivity contribution in [2.24, 2.45) is 0 Å². The molecule has 0 bridgehead atoms. The molecule has 0 aliphatic carbocycles. The monoisotopic (exact) mass is 520 g/mol. The van der Waals surface area contributed by atoms with Gasteiger partial charge in [-0.25, -0.2) is 4.98 Å². The van der Waals surface area contributed by atoms with Crippen molar-refractivity contribution in [2.45, 2.75) is 83.9 Å². The predicted molar refractivity (Wildman–Crippen MR) is 146 cm³/mol. The quantitative estimate of drug-likeness (QED) is 0.287. The molecule has 2 aliphatic heterocycles. The topological polar surface area (TPSA) is 85.1 Å². The molecule has 1 atom stereocenters. The van der Waals surface area contributed by atoms with E-state index in [0.29, 0.717) is 18.8 Å². The van der Waals surface area contributed by atoms with Gasteiger partial charge in [0.2, 0.25) is 0 Å². The second-order valence-electron chi connectivity index (χ2n) is 11.4. The molecule has 2 aliphatic rings. The van der Waals surface area contributed by atoms with Gasteiger partial charge in [-0.1, -0.05) is 18.6 Å². The lowest BCUT2D eigenvalue weighted by Gasteiger charge is -2.31. The largest absolute Gasteiger partial charge is 0.491 e. The first-order valence-electron chi connectivity index (χ1n) is 14.0. The minimum Gasteiger partial charge on any atom is -0.491 e. The molecule has 0 N–H and O–H groups in total. The number of benzene rings is 1. The molecule has 9 heteroatoms. The van der Waals surface area contributed by atoms with Crippen LogP contribution in [0.2, 0.25) is 0 Å².